The lowest BCUT2D eigenvalue weighted by atomic mass is 10.0. The number of nitrogens with zero attached hydrogens (tertiary/aromatic N) is 3. The molecule has 0 amide bonds. The molecule has 0 spiro atoms. The first-order valence-corrected chi connectivity index (χ1v) is 10.2. The summed E-state index contributed by atoms with van der Waals surface area (Å²) in [4.78, 5) is 7.30. The van der Waals surface area contributed by atoms with Crippen molar-refractivity contribution in [2.75, 3.05) is 19.7 Å². The van der Waals surface area contributed by atoms with Gasteiger partial charge in [0.2, 0.25) is 0 Å². The predicted molar refractivity (Wildman–Crippen MR) is 104 cm³/mol. The molecule has 1 saturated carbocycles. The van der Waals surface area contributed by atoms with E-state index in [-0.39, 0.29) is 0 Å². The molecule has 1 saturated heterocycles. The minimum Gasteiger partial charge on any atom is -0.494 e. The molecule has 1 aromatic carbocycles. The van der Waals surface area contributed by atoms with Crippen LogP contribution in [0.2, 0.25) is 0 Å². The quantitative estimate of drug-likeness (QED) is 0.717. The number of likely N-dealkylation sites (tertiary alicyclic amines) is 1. The summed E-state index contributed by atoms with van der Waals surface area (Å²) < 4.78 is 8.27. The molecular weight excluding hydrogens is 322 g/mol. The fraction of sp³-hybridized carbons (Fsp3) is 0.591. The molecule has 1 aliphatic heterocycles. The second-order valence-corrected chi connectivity index (χ2v) is 8.00. The molecule has 4 rings (SSSR count). The second-order valence-electron chi connectivity index (χ2n) is 8.00. The van der Waals surface area contributed by atoms with E-state index in [0.717, 1.165) is 37.8 Å². The summed E-state index contributed by atoms with van der Waals surface area (Å²) in [5.41, 5.74) is 2.63. The van der Waals surface area contributed by atoms with Crippen LogP contribution in [0.4, 0.5) is 0 Å². The van der Waals surface area contributed by atoms with Gasteiger partial charge in [-0.2, -0.15) is 0 Å². The Bertz CT molecular complexity index is 735. The van der Waals surface area contributed by atoms with E-state index >= 15 is 0 Å². The van der Waals surface area contributed by atoms with Crippen molar-refractivity contribution in [3.8, 4) is 5.75 Å². The van der Waals surface area contributed by atoms with E-state index in [2.05, 4.69) is 53.8 Å². The van der Waals surface area contributed by atoms with Crippen LogP contribution < -0.4 is 4.74 Å². The van der Waals surface area contributed by atoms with Crippen molar-refractivity contribution in [1.29, 1.82) is 0 Å². The van der Waals surface area contributed by atoms with Gasteiger partial charge in [0.15, 0.2) is 0 Å². The van der Waals surface area contributed by atoms with Gasteiger partial charge in [0, 0.05) is 43.5 Å². The van der Waals surface area contributed by atoms with Crippen molar-refractivity contribution in [2.45, 2.75) is 52.6 Å². The van der Waals surface area contributed by atoms with E-state index < -0.39 is 0 Å². The van der Waals surface area contributed by atoms with Crippen molar-refractivity contribution in [2.24, 2.45) is 11.8 Å². The number of imidazole rings is 1. The third-order valence-electron chi connectivity index (χ3n) is 5.78. The van der Waals surface area contributed by atoms with E-state index in [4.69, 9.17) is 9.72 Å². The van der Waals surface area contributed by atoms with Crippen molar-refractivity contribution in [3.05, 3.63) is 47.5 Å². The maximum absolute atomic E-state index is 5.79. The monoisotopic (exact) mass is 353 g/mol. The highest BCUT2D eigenvalue weighted by Crippen LogP contribution is 2.32. The van der Waals surface area contributed by atoms with Gasteiger partial charge < -0.3 is 9.30 Å². The van der Waals surface area contributed by atoms with Crippen molar-refractivity contribution < 1.29 is 4.74 Å². The molecule has 2 heterocycles. The molecule has 0 radical (unpaired) electrons. The maximum Gasteiger partial charge on any atom is 0.123 e. The number of para-hydroxylation sites is 1. The Labute approximate surface area is 157 Å². The van der Waals surface area contributed by atoms with Crippen LogP contribution >= 0.6 is 0 Å². The highest BCUT2D eigenvalue weighted by Gasteiger charge is 2.27. The maximum atomic E-state index is 5.79. The fourth-order valence-electron chi connectivity index (χ4n) is 4.13. The summed E-state index contributed by atoms with van der Waals surface area (Å²) in [6.07, 6.45) is 7.24. The Morgan fingerprint density at radius 1 is 1.15 bits per heavy atom. The first-order chi connectivity index (χ1) is 12.7. The molecule has 2 fully saturated rings. The van der Waals surface area contributed by atoms with Crippen LogP contribution in [0.25, 0.3) is 0 Å². The zero-order valence-electron chi connectivity index (χ0n) is 16.2. The van der Waals surface area contributed by atoms with Gasteiger partial charge >= 0.3 is 0 Å². The molecule has 1 aromatic heterocycles. The molecule has 0 bridgehead atoms. The zero-order chi connectivity index (χ0) is 17.9. The summed E-state index contributed by atoms with van der Waals surface area (Å²) >= 11 is 0. The van der Waals surface area contributed by atoms with E-state index in [1.165, 1.54) is 49.4 Å². The minimum atomic E-state index is 0.717. The largest absolute Gasteiger partial charge is 0.494 e. The number of ether oxygens (including phenoxy) is 1. The summed E-state index contributed by atoms with van der Waals surface area (Å²) in [5, 5.41) is 0. The lowest BCUT2D eigenvalue weighted by Crippen LogP contribution is -2.21. The smallest absolute Gasteiger partial charge is 0.123 e. The van der Waals surface area contributed by atoms with Crippen molar-refractivity contribution >= 4 is 0 Å². The average molecular weight is 354 g/mol. The SMILES string of the molecule is CCOc1ccccc1CN1CCC(Cc2ncc(C)n2CC2CC2)C1. The molecule has 26 heavy (non-hydrogen) atoms. The topological polar surface area (TPSA) is 30.3 Å². The van der Waals surface area contributed by atoms with E-state index in [9.17, 15) is 0 Å². The molecule has 140 valence electrons. The standard InChI is InChI=1S/C22H31N3O/c1-3-26-21-7-5-4-6-20(21)16-24-11-10-19(14-24)12-22-23-13-17(2)25(22)15-18-8-9-18/h4-7,13,18-19H,3,8-12,14-16H2,1-2H3. The fourth-order valence-corrected chi connectivity index (χ4v) is 4.13. The molecular formula is C22H31N3O. The summed E-state index contributed by atoms with van der Waals surface area (Å²) in [5.74, 6) is 3.95. The molecule has 2 aliphatic rings. The lowest BCUT2D eigenvalue weighted by Gasteiger charge is -2.18. The van der Waals surface area contributed by atoms with Crippen LogP contribution in [0.3, 0.4) is 0 Å². The average Bonchev–Trinajstić information content (AvgIpc) is 3.26. The number of hydrogen-bond donors (Lipinski definition) is 0. The van der Waals surface area contributed by atoms with Gasteiger partial charge in [-0.1, -0.05) is 18.2 Å². The zero-order valence-corrected chi connectivity index (χ0v) is 16.2. The molecule has 2 aromatic rings. The number of hydrogen-bond acceptors (Lipinski definition) is 3. The first-order valence-electron chi connectivity index (χ1n) is 10.2. The van der Waals surface area contributed by atoms with Gasteiger partial charge in [-0.3, -0.25) is 4.90 Å². The van der Waals surface area contributed by atoms with Crippen LogP contribution in [0.5, 0.6) is 5.75 Å². The van der Waals surface area contributed by atoms with Gasteiger partial charge in [-0.05, 0) is 57.6 Å². The second kappa shape index (κ2) is 7.83. The molecule has 4 nitrogen and oxygen atoms in total. The Hall–Kier alpha value is -1.81. The molecule has 1 unspecified atom stereocenters. The van der Waals surface area contributed by atoms with Gasteiger partial charge in [0.1, 0.15) is 11.6 Å². The van der Waals surface area contributed by atoms with Crippen molar-refractivity contribution in [3.63, 3.8) is 0 Å². The van der Waals surface area contributed by atoms with Gasteiger partial charge in [-0.15, -0.1) is 0 Å². The van der Waals surface area contributed by atoms with Gasteiger partial charge in [-0.25, -0.2) is 4.98 Å². The van der Waals surface area contributed by atoms with Gasteiger partial charge in [0.25, 0.3) is 0 Å². The van der Waals surface area contributed by atoms with Crippen LogP contribution in [-0.2, 0) is 19.5 Å². The van der Waals surface area contributed by atoms with Crippen LogP contribution in [0.1, 0.15) is 43.3 Å². The number of aryl methyl sites for hydroxylation is 1. The Morgan fingerprint density at radius 2 is 2.00 bits per heavy atom. The number of rotatable bonds is 8. The minimum absolute atomic E-state index is 0.717. The Balaban J connectivity index is 1.36. The first kappa shape index (κ1) is 17.6. The summed E-state index contributed by atoms with van der Waals surface area (Å²) in [7, 11) is 0. The van der Waals surface area contributed by atoms with Crippen LogP contribution in [0, 0.1) is 18.8 Å². The van der Waals surface area contributed by atoms with Crippen molar-refractivity contribution in [1.82, 2.24) is 14.5 Å². The van der Waals surface area contributed by atoms with Crippen LogP contribution in [0.15, 0.2) is 30.5 Å². The third-order valence-corrected chi connectivity index (χ3v) is 5.78. The highest BCUT2D eigenvalue weighted by molar-refractivity contribution is 5.33. The third kappa shape index (κ3) is 4.12. The van der Waals surface area contributed by atoms with E-state index in [1.54, 1.807) is 0 Å². The molecule has 0 N–H and O–H groups in total. The lowest BCUT2D eigenvalue weighted by molar-refractivity contribution is 0.296. The van der Waals surface area contributed by atoms with E-state index in [0.29, 0.717) is 5.92 Å². The van der Waals surface area contributed by atoms with E-state index in [1.807, 2.05) is 0 Å². The predicted octanol–water partition coefficient (Wildman–Crippen LogP) is 4.06. The summed E-state index contributed by atoms with van der Waals surface area (Å²) in [6.45, 7) is 9.48. The molecule has 1 atom stereocenters. The highest BCUT2D eigenvalue weighted by atomic mass is 16.5. The Morgan fingerprint density at radius 3 is 2.81 bits per heavy atom. The molecule has 1 aliphatic carbocycles. The number of benzene rings is 1. The normalized spacial score (nSPS) is 20.6. The Kier molecular flexibility index (Phi) is 5.30. The molecule has 4 heteroatoms. The number of aromatic nitrogens is 2. The van der Waals surface area contributed by atoms with Gasteiger partial charge in [0.05, 0.1) is 6.61 Å². The summed E-state index contributed by atoms with van der Waals surface area (Å²) in [6, 6.07) is 8.46. The van der Waals surface area contributed by atoms with Crippen LogP contribution in [-0.4, -0.2) is 34.1 Å².